The van der Waals surface area contributed by atoms with Gasteiger partial charge in [-0.05, 0) is 49.4 Å². The molecule has 4 heteroatoms. The van der Waals surface area contributed by atoms with Crippen LogP contribution in [0.2, 0.25) is 0 Å². The van der Waals surface area contributed by atoms with Gasteiger partial charge in [-0.15, -0.1) is 0 Å². The molecule has 1 saturated heterocycles. The zero-order chi connectivity index (χ0) is 14.5. The van der Waals surface area contributed by atoms with Crippen molar-refractivity contribution in [3.8, 4) is 5.75 Å². The predicted octanol–water partition coefficient (Wildman–Crippen LogP) is 3.03. The van der Waals surface area contributed by atoms with Crippen LogP contribution in [0, 0.1) is 5.92 Å². The molecule has 20 heavy (non-hydrogen) atoms. The smallest absolute Gasteiger partial charge is 0.303 e. The number of phenolic OH excluding ortho intramolecular Hbond substituents is 1. The number of likely N-dealkylation sites (tertiary alicyclic amines) is 1. The number of aromatic hydroxyl groups is 1. The number of phenols is 1. The Labute approximate surface area is 120 Å². The van der Waals surface area contributed by atoms with Gasteiger partial charge in [0, 0.05) is 19.0 Å². The third-order valence-electron chi connectivity index (χ3n) is 4.12. The minimum absolute atomic E-state index is 0.257. The number of carbonyl (C=O) groups is 1. The van der Waals surface area contributed by atoms with E-state index in [-0.39, 0.29) is 18.1 Å². The molecule has 1 aliphatic rings. The number of rotatable bonds is 5. The van der Waals surface area contributed by atoms with Crippen LogP contribution in [0.1, 0.15) is 44.2 Å². The van der Waals surface area contributed by atoms with Gasteiger partial charge in [-0.2, -0.15) is 0 Å². The highest BCUT2D eigenvalue weighted by atomic mass is 16.4. The van der Waals surface area contributed by atoms with Gasteiger partial charge in [0.25, 0.3) is 0 Å². The fraction of sp³-hybridized carbons (Fsp3) is 0.562. The summed E-state index contributed by atoms with van der Waals surface area (Å²) in [7, 11) is 0. The van der Waals surface area contributed by atoms with E-state index in [4.69, 9.17) is 5.11 Å². The summed E-state index contributed by atoms with van der Waals surface area (Å²) in [6.07, 6.45) is 3.33. The van der Waals surface area contributed by atoms with E-state index in [0.29, 0.717) is 6.04 Å². The van der Waals surface area contributed by atoms with Gasteiger partial charge in [-0.1, -0.05) is 19.1 Å². The molecule has 2 rings (SSSR count). The van der Waals surface area contributed by atoms with Crippen LogP contribution >= 0.6 is 0 Å². The first-order valence-corrected chi connectivity index (χ1v) is 7.35. The van der Waals surface area contributed by atoms with Crippen LogP contribution in [-0.4, -0.2) is 34.2 Å². The van der Waals surface area contributed by atoms with Gasteiger partial charge in [-0.3, -0.25) is 9.69 Å². The Morgan fingerprint density at radius 2 is 2.10 bits per heavy atom. The van der Waals surface area contributed by atoms with Crippen molar-refractivity contribution in [1.29, 1.82) is 0 Å². The molecule has 1 aliphatic heterocycles. The Morgan fingerprint density at radius 1 is 1.40 bits per heavy atom. The molecule has 1 fully saturated rings. The molecule has 0 aromatic heterocycles. The second-order valence-corrected chi connectivity index (χ2v) is 5.62. The van der Waals surface area contributed by atoms with Gasteiger partial charge < -0.3 is 10.2 Å². The third kappa shape index (κ3) is 3.73. The summed E-state index contributed by atoms with van der Waals surface area (Å²) in [6.45, 7) is 4.03. The number of hydrogen-bond donors (Lipinski definition) is 2. The first-order valence-electron chi connectivity index (χ1n) is 7.35. The van der Waals surface area contributed by atoms with Crippen LogP contribution in [0.4, 0.5) is 0 Å². The second kappa shape index (κ2) is 6.75. The number of piperidine rings is 1. The van der Waals surface area contributed by atoms with Crippen molar-refractivity contribution in [2.24, 2.45) is 5.92 Å². The molecule has 0 saturated carbocycles. The quantitative estimate of drug-likeness (QED) is 0.868. The Balaban J connectivity index is 2.06. The van der Waals surface area contributed by atoms with Crippen LogP contribution in [0.5, 0.6) is 5.75 Å². The van der Waals surface area contributed by atoms with E-state index in [0.717, 1.165) is 32.4 Å². The van der Waals surface area contributed by atoms with Crippen molar-refractivity contribution < 1.29 is 15.0 Å². The lowest BCUT2D eigenvalue weighted by Gasteiger charge is -2.38. The van der Waals surface area contributed by atoms with Gasteiger partial charge in [0.1, 0.15) is 5.75 Å². The highest BCUT2D eigenvalue weighted by Gasteiger charge is 2.27. The van der Waals surface area contributed by atoms with E-state index in [9.17, 15) is 9.90 Å². The topological polar surface area (TPSA) is 60.8 Å². The Morgan fingerprint density at radius 3 is 2.70 bits per heavy atom. The maximum Gasteiger partial charge on any atom is 0.303 e. The molecule has 0 aliphatic carbocycles. The Kier molecular flexibility index (Phi) is 5.01. The summed E-state index contributed by atoms with van der Waals surface area (Å²) < 4.78 is 0. The maximum atomic E-state index is 10.9. The number of nitrogens with zero attached hydrogens (tertiary/aromatic N) is 1. The molecule has 1 aromatic rings. The number of hydrogen-bond acceptors (Lipinski definition) is 3. The van der Waals surface area contributed by atoms with Crippen molar-refractivity contribution in [3.05, 3.63) is 29.8 Å². The van der Waals surface area contributed by atoms with Crippen LogP contribution in [0.15, 0.2) is 24.3 Å². The van der Waals surface area contributed by atoms with Crippen LogP contribution < -0.4 is 0 Å². The average molecular weight is 277 g/mol. The molecule has 1 aromatic carbocycles. The van der Waals surface area contributed by atoms with Crippen LogP contribution in [0.3, 0.4) is 0 Å². The summed E-state index contributed by atoms with van der Waals surface area (Å²) in [6, 6.07) is 7.68. The van der Waals surface area contributed by atoms with E-state index in [1.807, 2.05) is 12.1 Å². The first-order chi connectivity index (χ1) is 9.60. The summed E-state index contributed by atoms with van der Waals surface area (Å²) in [5, 5.41) is 18.3. The zero-order valence-corrected chi connectivity index (χ0v) is 12.0. The van der Waals surface area contributed by atoms with Gasteiger partial charge in [0.15, 0.2) is 0 Å². The SMILES string of the molecule is CCC(c1ccc(O)cc1)N1CCCC(CC(=O)O)C1. The molecule has 1 heterocycles. The second-order valence-electron chi connectivity index (χ2n) is 5.62. The molecule has 0 radical (unpaired) electrons. The molecule has 0 bridgehead atoms. The summed E-state index contributed by atoms with van der Waals surface area (Å²) >= 11 is 0. The molecular formula is C16H23NO3. The lowest BCUT2D eigenvalue weighted by atomic mass is 9.91. The van der Waals surface area contributed by atoms with Gasteiger partial charge >= 0.3 is 5.97 Å². The summed E-state index contributed by atoms with van der Waals surface area (Å²) in [4.78, 5) is 13.3. The molecule has 2 N–H and O–H groups in total. The number of benzene rings is 1. The predicted molar refractivity (Wildman–Crippen MR) is 77.7 cm³/mol. The minimum atomic E-state index is -0.700. The fourth-order valence-electron chi connectivity index (χ4n) is 3.20. The van der Waals surface area contributed by atoms with Crippen molar-refractivity contribution in [2.75, 3.05) is 13.1 Å². The third-order valence-corrected chi connectivity index (χ3v) is 4.12. The minimum Gasteiger partial charge on any atom is -0.508 e. The first kappa shape index (κ1) is 14.9. The van der Waals surface area contributed by atoms with Crippen LogP contribution in [-0.2, 0) is 4.79 Å². The van der Waals surface area contributed by atoms with Gasteiger partial charge in [-0.25, -0.2) is 0 Å². The van der Waals surface area contributed by atoms with Crippen molar-refractivity contribution in [3.63, 3.8) is 0 Å². The standard InChI is InChI=1S/C16H23NO3/c1-2-15(13-5-7-14(18)8-6-13)17-9-3-4-12(11-17)10-16(19)20/h5-8,12,15,18H,2-4,9-11H2,1H3,(H,19,20). The summed E-state index contributed by atoms with van der Waals surface area (Å²) in [5.41, 5.74) is 1.20. The van der Waals surface area contributed by atoms with Gasteiger partial charge in [0.05, 0.1) is 0 Å². The monoisotopic (exact) mass is 277 g/mol. The molecular weight excluding hydrogens is 254 g/mol. The Bertz CT molecular complexity index is 444. The fourth-order valence-corrected chi connectivity index (χ4v) is 3.20. The van der Waals surface area contributed by atoms with Crippen molar-refractivity contribution >= 4 is 5.97 Å². The molecule has 2 atom stereocenters. The van der Waals surface area contributed by atoms with E-state index < -0.39 is 5.97 Å². The highest BCUT2D eigenvalue weighted by molar-refractivity contribution is 5.67. The van der Waals surface area contributed by atoms with Crippen molar-refractivity contribution in [2.45, 2.75) is 38.6 Å². The maximum absolute atomic E-state index is 10.9. The number of carboxylic acids is 1. The molecule has 0 spiro atoms. The lowest BCUT2D eigenvalue weighted by Crippen LogP contribution is -2.38. The summed E-state index contributed by atoms with van der Waals surface area (Å²) in [5.74, 6) is -0.159. The van der Waals surface area contributed by atoms with E-state index in [1.165, 1.54) is 5.56 Å². The molecule has 4 nitrogen and oxygen atoms in total. The molecule has 110 valence electrons. The number of aliphatic carboxylic acids is 1. The van der Waals surface area contributed by atoms with E-state index in [1.54, 1.807) is 12.1 Å². The van der Waals surface area contributed by atoms with Crippen LogP contribution in [0.25, 0.3) is 0 Å². The van der Waals surface area contributed by atoms with E-state index in [2.05, 4.69) is 11.8 Å². The van der Waals surface area contributed by atoms with E-state index >= 15 is 0 Å². The highest BCUT2D eigenvalue weighted by Crippen LogP contribution is 2.31. The average Bonchev–Trinajstić information content (AvgIpc) is 2.41. The van der Waals surface area contributed by atoms with Crippen molar-refractivity contribution in [1.82, 2.24) is 4.90 Å². The Hall–Kier alpha value is -1.55. The zero-order valence-electron chi connectivity index (χ0n) is 12.0. The normalized spacial score (nSPS) is 21.6. The molecule has 0 amide bonds. The lowest BCUT2D eigenvalue weighted by molar-refractivity contribution is -0.138. The largest absolute Gasteiger partial charge is 0.508 e. The molecule has 2 unspecified atom stereocenters. The number of carboxylic acid groups (broad SMARTS) is 1. The van der Waals surface area contributed by atoms with Gasteiger partial charge in [0.2, 0.25) is 0 Å².